The molecule has 1 heterocycles. The van der Waals surface area contributed by atoms with Crippen molar-refractivity contribution >= 4 is 43.5 Å². The summed E-state index contributed by atoms with van der Waals surface area (Å²) in [5.41, 5.74) is 0.442. The Bertz CT molecular complexity index is 3290. The van der Waals surface area contributed by atoms with Gasteiger partial charge in [-0.3, -0.25) is 0 Å². The zero-order chi connectivity index (χ0) is 42.8. The lowest BCUT2D eigenvalue weighted by Crippen LogP contribution is -1.92. The van der Waals surface area contributed by atoms with Crippen molar-refractivity contribution in [3.8, 4) is 44.5 Å². The summed E-state index contributed by atoms with van der Waals surface area (Å²) in [5.74, 6) is 0. The van der Waals surface area contributed by atoms with Crippen molar-refractivity contribution in [1.82, 2.24) is 0 Å². The zero-order valence-electron chi connectivity index (χ0n) is 38.4. The molecule has 210 valence electrons. The number of para-hydroxylation sites is 1. The number of rotatable bonds is 4. The minimum absolute atomic E-state index is 0.0175. The van der Waals surface area contributed by atoms with E-state index in [2.05, 4.69) is 0 Å². The van der Waals surface area contributed by atoms with Crippen LogP contribution in [-0.4, -0.2) is 0 Å². The molecule has 0 radical (unpaired) electrons. The van der Waals surface area contributed by atoms with Crippen LogP contribution in [0, 0.1) is 0 Å². The minimum Gasteiger partial charge on any atom is -0.455 e. The van der Waals surface area contributed by atoms with Crippen molar-refractivity contribution in [2.45, 2.75) is 0 Å². The normalized spacial score (nSPS) is 16.2. The van der Waals surface area contributed by atoms with E-state index in [0.29, 0.717) is 32.7 Å². The van der Waals surface area contributed by atoms with E-state index in [1.165, 1.54) is 0 Å². The van der Waals surface area contributed by atoms with E-state index < -0.39 is 89.7 Å². The van der Waals surface area contributed by atoms with E-state index in [0.717, 1.165) is 0 Å². The summed E-state index contributed by atoms with van der Waals surface area (Å²) >= 11 is 0. The number of fused-ring (bicyclic) bond motifs is 5. The van der Waals surface area contributed by atoms with E-state index in [1.54, 1.807) is 78.9 Å². The fraction of sp³-hybridized carbons (Fsp3) is 0. The predicted molar refractivity (Wildman–Crippen MR) is 190 cm³/mol. The molecule has 0 amide bonds. The lowest BCUT2D eigenvalue weighted by Gasteiger charge is -2.19. The fourth-order valence-corrected chi connectivity index (χ4v) is 6.11. The Balaban J connectivity index is 1.50. The van der Waals surface area contributed by atoms with Gasteiger partial charge in [0, 0.05) is 16.3 Å². The molecule has 9 aromatic rings. The number of benzene rings is 8. The van der Waals surface area contributed by atoms with Crippen LogP contribution in [0.25, 0.3) is 88.0 Å². The van der Waals surface area contributed by atoms with E-state index in [1.807, 2.05) is 0 Å². The van der Waals surface area contributed by atoms with E-state index >= 15 is 0 Å². The average molecular weight is 588 g/mol. The second-order valence-electron chi connectivity index (χ2n) is 10.5. The molecule has 1 nitrogen and oxygen atoms in total. The first-order valence-corrected chi connectivity index (χ1v) is 14.2. The Morgan fingerprint density at radius 2 is 0.978 bits per heavy atom. The number of hydrogen-bond donors (Lipinski definition) is 0. The highest BCUT2D eigenvalue weighted by molar-refractivity contribution is 6.26. The standard InChI is InChI=1S/C44H28O/c1-3-14-29(15-4-1)31-18-13-19-32(28-31)41-34-20-7-9-22-36(34)42(37-23-10-8-21-35(37)41)39-27-26-33(30-16-5-2-6-17-30)44-43(39)38-24-11-12-25-40(38)45-44/h1-28H/i1D,3D,4D,11D,12D,13D,14D,15D,18D,19D,24D,25D,26D,27D,28D. The molecule has 0 unspecified atom stereocenters. The summed E-state index contributed by atoms with van der Waals surface area (Å²) in [4.78, 5) is 0. The van der Waals surface area contributed by atoms with Gasteiger partial charge in [0.1, 0.15) is 11.2 Å². The molecule has 0 N–H and O–H groups in total. The SMILES string of the molecule is [2H]c1c([2H])c([2H])c(-c2c([2H])c([2H])c([2H])c(-c3c4ccccc4c(-c4c([2H])c([2H])c(-c5ccccc5)c5oc6c([2H])c([2H])c([2H])c([2H])c6c45)c4ccccc34)c2[2H])c([2H])c1[2H]. The molecule has 0 saturated carbocycles. The van der Waals surface area contributed by atoms with Crippen LogP contribution in [0.1, 0.15) is 20.6 Å². The third-order valence-electron chi connectivity index (χ3n) is 7.99. The summed E-state index contributed by atoms with van der Waals surface area (Å²) in [6.07, 6.45) is 0. The Kier molecular flexibility index (Phi) is 3.39. The molecule has 9 rings (SSSR count). The van der Waals surface area contributed by atoms with E-state index in [9.17, 15) is 5.48 Å². The molecule has 0 bridgehead atoms. The maximum absolute atomic E-state index is 9.73. The predicted octanol–water partition coefficient (Wildman–Crippen LogP) is 12.6. The van der Waals surface area contributed by atoms with Crippen LogP contribution >= 0.6 is 0 Å². The van der Waals surface area contributed by atoms with Gasteiger partial charge in [0.2, 0.25) is 0 Å². The van der Waals surface area contributed by atoms with Crippen LogP contribution in [0.15, 0.2) is 174 Å². The summed E-state index contributed by atoms with van der Waals surface area (Å²) in [7, 11) is 0. The minimum atomic E-state index is -0.686. The molecule has 45 heavy (non-hydrogen) atoms. The van der Waals surface area contributed by atoms with Gasteiger partial charge in [-0.15, -0.1) is 0 Å². The van der Waals surface area contributed by atoms with Crippen molar-refractivity contribution in [3.05, 3.63) is 169 Å². The third kappa shape index (κ3) is 4.09. The van der Waals surface area contributed by atoms with Gasteiger partial charge in [0.05, 0.1) is 20.6 Å². The van der Waals surface area contributed by atoms with Crippen LogP contribution in [0.4, 0.5) is 0 Å². The quantitative estimate of drug-likeness (QED) is 0.187. The van der Waals surface area contributed by atoms with Crippen molar-refractivity contribution in [3.63, 3.8) is 0 Å². The van der Waals surface area contributed by atoms with Crippen LogP contribution in [-0.2, 0) is 0 Å². The summed E-state index contributed by atoms with van der Waals surface area (Å²) < 4.78 is 139. The molecule has 1 aromatic heterocycles. The molecular formula is C44H28O. The molecule has 1 heteroatoms. The zero-order valence-corrected chi connectivity index (χ0v) is 23.4. The lowest BCUT2D eigenvalue weighted by molar-refractivity contribution is 0.670. The topological polar surface area (TPSA) is 13.1 Å². The van der Waals surface area contributed by atoms with Gasteiger partial charge in [-0.2, -0.15) is 0 Å². The van der Waals surface area contributed by atoms with Crippen LogP contribution in [0.3, 0.4) is 0 Å². The van der Waals surface area contributed by atoms with Gasteiger partial charge in [-0.05, 0) is 78.6 Å². The summed E-state index contributed by atoms with van der Waals surface area (Å²) in [6.45, 7) is 0. The second kappa shape index (κ2) is 10.4. The molecule has 0 aliphatic rings. The summed E-state index contributed by atoms with van der Waals surface area (Å²) in [5, 5.41) is 1.87. The van der Waals surface area contributed by atoms with Crippen LogP contribution in [0.2, 0.25) is 0 Å². The third-order valence-corrected chi connectivity index (χ3v) is 7.99. The van der Waals surface area contributed by atoms with Crippen molar-refractivity contribution in [1.29, 1.82) is 0 Å². The first-order valence-electron chi connectivity index (χ1n) is 21.7. The smallest absolute Gasteiger partial charge is 0.143 e. The highest BCUT2D eigenvalue weighted by Crippen LogP contribution is 2.48. The average Bonchev–Trinajstić information content (AvgIpc) is 3.65. The Labute approximate surface area is 282 Å². The molecule has 8 aromatic carbocycles. The van der Waals surface area contributed by atoms with Gasteiger partial charge in [-0.25, -0.2) is 0 Å². The van der Waals surface area contributed by atoms with Crippen molar-refractivity contribution < 1.29 is 25.0 Å². The molecular weight excluding hydrogens is 544 g/mol. The molecule has 0 saturated heterocycles. The summed E-state index contributed by atoms with van der Waals surface area (Å²) in [6, 6.07) is 14.5. The monoisotopic (exact) mass is 587 g/mol. The van der Waals surface area contributed by atoms with Crippen molar-refractivity contribution in [2.24, 2.45) is 0 Å². The largest absolute Gasteiger partial charge is 0.455 e. The Morgan fingerprint density at radius 1 is 0.400 bits per heavy atom. The molecule has 0 fully saturated rings. The maximum Gasteiger partial charge on any atom is 0.143 e. The highest BCUT2D eigenvalue weighted by atomic mass is 16.3. The number of hydrogen-bond acceptors (Lipinski definition) is 1. The first kappa shape index (κ1) is 14.7. The molecule has 0 atom stereocenters. The van der Waals surface area contributed by atoms with Crippen LogP contribution in [0.5, 0.6) is 0 Å². The van der Waals surface area contributed by atoms with E-state index in [-0.39, 0.29) is 56.3 Å². The highest BCUT2D eigenvalue weighted by Gasteiger charge is 2.22. The Morgan fingerprint density at radius 3 is 1.71 bits per heavy atom. The first-order chi connectivity index (χ1) is 28.6. The molecule has 0 aliphatic carbocycles. The van der Waals surface area contributed by atoms with Gasteiger partial charge in [0.15, 0.2) is 0 Å². The van der Waals surface area contributed by atoms with Gasteiger partial charge in [0.25, 0.3) is 0 Å². The number of furan rings is 1. The van der Waals surface area contributed by atoms with Crippen LogP contribution < -0.4 is 0 Å². The van der Waals surface area contributed by atoms with E-state index in [4.69, 9.17) is 19.5 Å². The lowest BCUT2D eigenvalue weighted by atomic mass is 9.84. The molecule has 0 aliphatic heterocycles. The van der Waals surface area contributed by atoms with Gasteiger partial charge in [-0.1, -0.05) is 151 Å². The molecule has 0 spiro atoms. The fourth-order valence-electron chi connectivity index (χ4n) is 6.11. The van der Waals surface area contributed by atoms with Crippen molar-refractivity contribution in [2.75, 3.05) is 0 Å². The van der Waals surface area contributed by atoms with Gasteiger partial charge < -0.3 is 4.42 Å². The van der Waals surface area contributed by atoms with Gasteiger partial charge >= 0.3 is 0 Å². The Hall–Kier alpha value is -5.92. The second-order valence-corrected chi connectivity index (χ2v) is 10.5. The maximum atomic E-state index is 9.73.